The van der Waals surface area contributed by atoms with Gasteiger partial charge in [-0.2, -0.15) is 5.10 Å². The van der Waals surface area contributed by atoms with Crippen LogP contribution in [0.2, 0.25) is 0 Å². The molecule has 0 bridgehead atoms. The molecule has 0 saturated heterocycles. The normalized spacial score (nSPS) is 11.8. The molecule has 3 nitrogen and oxygen atoms in total. The van der Waals surface area contributed by atoms with E-state index in [-0.39, 0.29) is 5.41 Å². The van der Waals surface area contributed by atoms with Crippen LogP contribution in [0, 0.1) is 0 Å². The Morgan fingerprint density at radius 2 is 2.08 bits per heavy atom. The Morgan fingerprint density at radius 3 is 2.54 bits per heavy atom. The van der Waals surface area contributed by atoms with Crippen molar-refractivity contribution in [1.82, 2.24) is 9.78 Å². The minimum Gasteiger partial charge on any atom is -0.490 e. The Labute approximate surface area is 79.7 Å². The van der Waals surface area contributed by atoms with Gasteiger partial charge < -0.3 is 4.74 Å². The molecule has 0 aliphatic rings. The maximum absolute atomic E-state index is 5.50. The molecule has 0 atom stereocenters. The highest BCUT2D eigenvalue weighted by molar-refractivity contribution is 5.30. The van der Waals surface area contributed by atoms with Crippen molar-refractivity contribution in [3.8, 4) is 5.75 Å². The van der Waals surface area contributed by atoms with E-state index >= 15 is 0 Å². The number of aromatic nitrogens is 2. The zero-order valence-corrected chi connectivity index (χ0v) is 9.09. The first-order valence-electron chi connectivity index (χ1n) is 4.62. The van der Waals surface area contributed by atoms with Gasteiger partial charge in [-0.25, -0.2) is 0 Å². The second kappa shape index (κ2) is 3.40. The standard InChI is InChI=1S/C10H18N2O/c1-6-13-8-7-11-12(5)9(8)10(2,3)4/h7H,6H2,1-5H3. The fourth-order valence-electron chi connectivity index (χ4n) is 1.53. The molecule has 1 rings (SSSR count). The van der Waals surface area contributed by atoms with Crippen molar-refractivity contribution in [2.75, 3.05) is 6.61 Å². The van der Waals surface area contributed by atoms with Crippen LogP contribution in [0.3, 0.4) is 0 Å². The third-order valence-electron chi connectivity index (χ3n) is 1.92. The SMILES string of the molecule is CCOc1cnn(C)c1C(C)(C)C. The van der Waals surface area contributed by atoms with Gasteiger partial charge >= 0.3 is 0 Å². The lowest BCUT2D eigenvalue weighted by Gasteiger charge is -2.20. The number of aryl methyl sites for hydroxylation is 1. The maximum Gasteiger partial charge on any atom is 0.160 e. The molecule has 0 aromatic carbocycles. The quantitative estimate of drug-likeness (QED) is 0.700. The van der Waals surface area contributed by atoms with E-state index in [2.05, 4.69) is 25.9 Å². The molecule has 13 heavy (non-hydrogen) atoms. The highest BCUT2D eigenvalue weighted by Crippen LogP contribution is 2.30. The van der Waals surface area contributed by atoms with E-state index in [9.17, 15) is 0 Å². The minimum absolute atomic E-state index is 0.0791. The zero-order valence-electron chi connectivity index (χ0n) is 9.09. The first-order valence-corrected chi connectivity index (χ1v) is 4.62. The van der Waals surface area contributed by atoms with E-state index in [4.69, 9.17) is 4.74 Å². The summed E-state index contributed by atoms with van der Waals surface area (Å²) in [6, 6.07) is 0. The minimum atomic E-state index is 0.0791. The molecule has 74 valence electrons. The van der Waals surface area contributed by atoms with Gasteiger partial charge in [-0.15, -0.1) is 0 Å². The van der Waals surface area contributed by atoms with Gasteiger partial charge in [0.1, 0.15) is 0 Å². The van der Waals surface area contributed by atoms with Crippen LogP contribution >= 0.6 is 0 Å². The molecule has 0 N–H and O–H groups in total. The first kappa shape index (κ1) is 10.1. The van der Waals surface area contributed by atoms with Crippen molar-refractivity contribution in [1.29, 1.82) is 0 Å². The van der Waals surface area contributed by atoms with Gasteiger partial charge in [0, 0.05) is 12.5 Å². The summed E-state index contributed by atoms with van der Waals surface area (Å²) >= 11 is 0. The largest absolute Gasteiger partial charge is 0.490 e. The van der Waals surface area contributed by atoms with Gasteiger partial charge in [-0.3, -0.25) is 4.68 Å². The van der Waals surface area contributed by atoms with E-state index in [1.54, 1.807) is 6.20 Å². The number of hydrogen-bond acceptors (Lipinski definition) is 2. The van der Waals surface area contributed by atoms with Gasteiger partial charge in [0.2, 0.25) is 0 Å². The Balaban J connectivity index is 3.09. The summed E-state index contributed by atoms with van der Waals surface area (Å²) in [5.74, 6) is 0.900. The monoisotopic (exact) mass is 182 g/mol. The van der Waals surface area contributed by atoms with Crippen LogP contribution in [0.1, 0.15) is 33.4 Å². The average Bonchev–Trinajstić information content (AvgIpc) is 2.31. The van der Waals surface area contributed by atoms with Gasteiger partial charge in [0.05, 0.1) is 18.5 Å². The number of hydrogen-bond donors (Lipinski definition) is 0. The van der Waals surface area contributed by atoms with Crippen LogP contribution in [-0.2, 0) is 12.5 Å². The van der Waals surface area contributed by atoms with E-state index in [0.717, 1.165) is 11.4 Å². The summed E-state index contributed by atoms with van der Waals surface area (Å²) in [5.41, 5.74) is 1.23. The van der Waals surface area contributed by atoms with Crippen LogP contribution in [0.5, 0.6) is 5.75 Å². The fourth-order valence-corrected chi connectivity index (χ4v) is 1.53. The van der Waals surface area contributed by atoms with Crippen molar-refractivity contribution < 1.29 is 4.74 Å². The summed E-state index contributed by atoms with van der Waals surface area (Å²) in [5, 5.41) is 4.19. The second-order valence-corrected chi connectivity index (χ2v) is 4.16. The molecule has 0 fully saturated rings. The topological polar surface area (TPSA) is 27.1 Å². The summed E-state index contributed by atoms with van der Waals surface area (Å²) in [6.07, 6.45) is 1.78. The third-order valence-corrected chi connectivity index (χ3v) is 1.92. The molecular formula is C10H18N2O. The zero-order chi connectivity index (χ0) is 10.1. The van der Waals surface area contributed by atoms with Crippen molar-refractivity contribution >= 4 is 0 Å². The van der Waals surface area contributed by atoms with Gasteiger partial charge in [-0.1, -0.05) is 20.8 Å². The van der Waals surface area contributed by atoms with Gasteiger partial charge in [0.25, 0.3) is 0 Å². The molecule has 0 aliphatic carbocycles. The predicted octanol–water partition coefficient (Wildman–Crippen LogP) is 2.12. The summed E-state index contributed by atoms with van der Waals surface area (Å²) in [4.78, 5) is 0. The highest BCUT2D eigenvalue weighted by atomic mass is 16.5. The Kier molecular flexibility index (Phi) is 2.64. The number of nitrogens with zero attached hydrogens (tertiary/aromatic N) is 2. The van der Waals surface area contributed by atoms with E-state index in [1.165, 1.54) is 0 Å². The van der Waals surface area contributed by atoms with Crippen LogP contribution in [-0.4, -0.2) is 16.4 Å². The van der Waals surface area contributed by atoms with Crippen molar-refractivity contribution in [3.63, 3.8) is 0 Å². The van der Waals surface area contributed by atoms with Crippen molar-refractivity contribution in [3.05, 3.63) is 11.9 Å². The summed E-state index contributed by atoms with van der Waals surface area (Å²) in [6.45, 7) is 9.15. The fraction of sp³-hybridized carbons (Fsp3) is 0.700. The van der Waals surface area contributed by atoms with E-state index < -0.39 is 0 Å². The molecule has 0 aliphatic heterocycles. The molecule has 1 aromatic rings. The first-order chi connectivity index (χ1) is 5.96. The van der Waals surface area contributed by atoms with E-state index in [1.807, 2.05) is 18.7 Å². The molecule has 0 radical (unpaired) electrons. The molecule has 1 heterocycles. The lowest BCUT2D eigenvalue weighted by atomic mass is 9.91. The van der Waals surface area contributed by atoms with E-state index in [0.29, 0.717) is 6.61 Å². The van der Waals surface area contributed by atoms with Gasteiger partial charge in [0.15, 0.2) is 5.75 Å². The molecule has 1 aromatic heterocycles. The number of rotatable bonds is 2. The Bertz CT molecular complexity index is 284. The van der Waals surface area contributed by atoms with Crippen LogP contribution in [0.4, 0.5) is 0 Å². The molecule has 3 heteroatoms. The number of ether oxygens (including phenoxy) is 1. The molecule has 0 spiro atoms. The summed E-state index contributed by atoms with van der Waals surface area (Å²) in [7, 11) is 1.95. The smallest absolute Gasteiger partial charge is 0.160 e. The Morgan fingerprint density at radius 1 is 1.46 bits per heavy atom. The second-order valence-electron chi connectivity index (χ2n) is 4.16. The molecule has 0 saturated carbocycles. The van der Waals surface area contributed by atoms with Crippen LogP contribution in [0.25, 0.3) is 0 Å². The lowest BCUT2D eigenvalue weighted by molar-refractivity contribution is 0.327. The molecule has 0 amide bonds. The molecule has 0 unspecified atom stereocenters. The summed E-state index contributed by atoms with van der Waals surface area (Å²) < 4.78 is 7.38. The average molecular weight is 182 g/mol. The van der Waals surface area contributed by atoms with Crippen LogP contribution < -0.4 is 4.74 Å². The van der Waals surface area contributed by atoms with Crippen LogP contribution in [0.15, 0.2) is 6.20 Å². The highest BCUT2D eigenvalue weighted by Gasteiger charge is 2.23. The lowest BCUT2D eigenvalue weighted by Crippen LogP contribution is -2.17. The molecular weight excluding hydrogens is 164 g/mol. The predicted molar refractivity (Wildman–Crippen MR) is 53.1 cm³/mol. The maximum atomic E-state index is 5.50. The van der Waals surface area contributed by atoms with Crippen molar-refractivity contribution in [2.45, 2.75) is 33.1 Å². The Hall–Kier alpha value is -0.990. The third kappa shape index (κ3) is 2.02. The van der Waals surface area contributed by atoms with Gasteiger partial charge in [-0.05, 0) is 6.92 Å². The van der Waals surface area contributed by atoms with Crippen molar-refractivity contribution in [2.24, 2.45) is 7.05 Å².